The number of nitrogens with zero attached hydrogens (tertiary/aromatic N) is 4. The standard InChI is InChI=1S/C10H5ClFN4O.BF4/c11-6-4-7(12)8(16-13)5-9(6)17-10-14-2-1-3-15-10;2-1(3,4)5/h1-5H;/q+1;-1. The number of ether oxygens (including phenoxy) is 1. The van der Waals surface area contributed by atoms with Crippen molar-refractivity contribution in [1.29, 1.82) is 5.39 Å². The van der Waals surface area contributed by atoms with Gasteiger partial charge in [0.05, 0.1) is 11.1 Å². The van der Waals surface area contributed by atoms with E-state index >= 15 is 0 Å². The summed E-state index contributed by atoms with van der Waals surface area (Å²) in [6, 6.07) is 3.81. The van der Waals surface area contributed by atoms with Crippen molar-refractivity contribution in [3.63, 3.8) is 0 Å². The third-order valence-corrected chi connectivity index (χ3v) is 2.15. The molecule has 1 aromatic heterocycles. The van der Waals surface area contributed by atoms with Crippen molar-refractivity contribution in [3.05, 3.63) is 46.4 Å². The molecular weight excluding hydrogens is 333 g/mol. The van der Waals surface area contributed by atoms with Crippen LogP contribution >= 0.6 is 11.6 Å². The zero-order valence-electron chi connectivity index (χ0n) is 10.4. The number of hydrogen-bond acceptors (Lipinski definition) is 4. The van der Waals surface area contributed by atoms with Crippen LogP contribution in [0.1, 0.15) is 0 Å². The van der Waals surface area contributed by atoms with Gasteiger partial charge in [0, 0.05) is 18.5 Å². The largest absolute Gasteiger partial charge is 0.673 e. The number of hydrogen-bond donors (Lipinski definition) is 0. The van der Waals surface area contributed by atoms with Gasteiger partial charge in [-0.15, -0.1) is 0 Å². The minimum atomic E-state index is -6.00. The van der Waals surface area contributed by atoms with E-state index in [1.165, 1.54) is 12.4 Å². The molecule has 116 valence electrons. The molecule has 0 aliphatic heterocycles. The molecule has 1 heterocycles. The topological polar surface area (TPSA) is 63.2 Å². The van der Waals surface area contributed by atoms with Crippen molar-refractivity contribution in [2.45, 2.75) is 0 Å². The van der Waals surface area contributed by atoms with E-state index in [0.29, 0.717) is 0 Å². The maximum absolute atomic E-state index is 13.1. The second-order valence-corrected chi connectivity index (χ2v) is 3.87. The van der Waals surface area contributed by atoms with Gasteiger partial charge in [-0.3, -0.25) is 0 Å². The van der Waals surface area contributed by atoms with Gasteiger partial charge in [-0.1, -0.05) is 11.6 Å². The first-order chi connectivity index (χ1) is 10.2. The zero-order chi connectivity index (χ0) is 16.8. The third-order valence-electron chi connectivity index (χ3n) is 1.85. The molecule has 0 unspecified atom stereocenters. The highest BCUT2D eigenvalue weighted by atomic mass is 35.5. The molecule has 12 heteroatoms. The van der Waals surface area contributed by atoms with Gasteiger partial charge in [0.15, 0.2) is 10.7 Å². The molecule has 5 nitrogen and oxygen atoms in total. The van der Waals surface area contributed by atoms with Crippen LogP contribution in [-0.4, -0.2) is 17.2 Å². The molecule has 2 aromatic rings. The van der Waals surface area contributed by atoms with Crippen molar-refractivity contribution in [1.82, 2.24) is 9.97 Å². The van der Waals surface area contributed by atoms with E-state index < -0.39 is 13.1 Å². The van der Waals surface area contributed by atoms with E-state index in [-0.39, 0.29) is 22.5 Å². The highest BCUT2D eigenvalue weighted by molar-refractivity contribution is 6.50. The molecule has 0 fully saturated rings. The van der Waals surface area contributed by atoms with E-state index in [1.54, 1.807) is 6.07 Å². The van der Waals surface area contributed by atoms with Crippen LogP contribution in [0.2, 0.25) is 5.02 Å². The molecule has 0 aliphatic rings. The van der Waals surface area contributed by atoms with Crippen molar-refractivity contribution in [2.75, 3.05) is 0 Å². The van der Waals surface area contributed by atoms with Crippen LogP contribution in [0.15, 0.2) is 30.6 Å². The molecule has 0 N–H and O–H groups in total. The number of aromatic nitrogens is 2. The quantitative estimate of drug-likeness (QED) is 0.446. The van der Waals surface area contributed by atoms with Crippen LogP contribution in [-0.2, 0) is 0 Å². The smallest absolute Gasteiger partial charge is 0.422 e. The molecule has 0 saturated carbocycles. The first-order valence-electron chi connectivity index (χ1n) is 5.37. The van der Waals surface area contributed by atoms with Crippen LogP contribution < -0.4 is 4.74 Å². The maximum atomic E-state index is 13.1. The highest BCUT2D eigenvalue weighted by Crippen LogP contribution is 2.33. The molecule has 0 radical (unpaired) electrons. The monoisotopic (exact) mass is 338 g/mol. The van der Waals surface area contributed by atoms with Gasteiger partial charge >= 0.3 is 19.0 Å². The summed E-state index contributed by atoms with van der Waals surface area (Å²) in [5.74, 6) is -0.647. The Morgan fingerprint density at radius 2 is 1.68 bits per heavy atom. The first kappa shape index (κ1) is 17.6. The van der Waals surface area contributed by atoms with Gasteiger partial charge in [-0.25, -0.2) is 9.97 Å². The Kier molecular flexibility index (Phi) is 6.00. The lowest BCUT2D eigenvalue weighted by molar-refractivity contribution is 0.368. The fourth-order valence-corrected chi connectivity index (χ4v) is 1.30. The molecule has 22 heavy (non-hydrogen) atoms. The minimum Gasteiger partial charge on any atom is -0.422 e. The lowest BCUT2D eigenvalue weighted by Crippen LogP contribution is -2.02. The number of rotatable bonds is 2. The molecule has 0 bridgehead atoms. The lowest BCUT2D eigenvalue weighted by Gasteiger charge is -2.03. The SMILES string of the molecule is F[B-](F)(F)F.N#[N+]c1cc(Oc2ncccn2)c(Cl)cc1F. The molecule has 1 aromatic carbocycles. The summed E-state index contributed by atoms with van der Waals surface area (Å²) < 4.78 is 57.4. The number of diazo groups is 1. The average molecular weight is 338 g/mol. The fraction of sp³-hybridized carbons (Fsp3) is 0. The van der Waals surface area contributed by atoms with E-state index in [4.69, 9.17) is 21.7 Å². The molecule has 2 rings (SSSR count). The van der Waals surface area contributed by atoms with Gasteiger partial charge in [-0.2, -0.15) is 4.39 Å². The summed E-state index contributed by atoms with van der Waals surface area (Å²) >= 11 is 5.76. The molecule has 0 amide bonds. The van der Waals surface area contributed by atoms with E-state index in [9.17, 15) is 21.7 Å². The van der Waals surface area contributed by atoms with Crippen molar-refractivity contribution in [2.24, 2.45) is 0 Å². The Bertz CT molecular complexity index is 673. The van der Waals surface area contributed by atoms with E-state index in [0.717, 1.165) is 12.1 Å². The zero-order valence-corrected chi connectivity index (χ0v) is 11.2. The average Bonchev–Trinajstić information content (AvgIpc) is 2.41. The molecule has 0 spiro atoms. The van der Waals surface area contributed by atoms with E-state index in [1.807, 2.05) is 0 Å². The van der Waals surface area contributed by atoms with Crippen LogP contribution in [0.25, 0.3) is 4.98 Å². The Labute approximate surface area is 125 Å². The second kappa shape index (κ2) is 7.51. The van der Waals surface area contributed by atoms with Crippen LogP contribution in [0, 0.1) is 11.2 Å². The van der Waals surface area contributed by atoms with E-state index in [2.05, 4.69) is 14.9 Å². The summed E-state index contributed by atoms with van der Waals surface area (Å²) in [5, 5.41) is 8.58. The van der Waals surface area contributed by atoms with Gasteiger partial charge in [0.1, 0.15) is 0 Å². The fourth-order valence-electron chi connectivity index (χ4n) is 1.11. The number of halogens is 6. The summed E-state index contributed by atoms with van der Waals surface area (Å²) in [6.45, 7) is 0. The Hall–Kier alpha value is -2.48. The molecule has 0 saturated heterocycles. The number of benzene rings is 1. The molecule has 0 aliphatic carbocycles. The first-order valence-corrected chi connectivity index (χ1v) is 5.75. The van der Waals surface area contributed by atoms with Crippen molar-refractivity contribution < 1.29 is 26.4 Å². The second-order valence-electron chi connectivity index (χ2n) is 3.46. The van der Waals surface area contributed by atoms with Crippen molar-refractivity contribution in [3.8, 4) is 11.8 Å². The van der Waals surface area contributed by atoms with Crippen LogP contribution in [0.4, 0.5) is 27.3 Å². The minimum absolute atomic E-state index is 0.0300. The van der Waals surface area contributed by atoms with Gasteiger partial charge in [-0.05, 0) is 6.07 Å². The summed E-state index contributed by atoms with van der Waals surface area (Å²) in [4.78, 5) is 10.4. The summed E-state index contributed by atoms with van der Waals surface area (Å²) in [6.07, 6.45) is 2.97. The molecule has 0 atom stereocenters. The lowest BCUT2D eigenvalue weighted by atomic mass is 10.3. The predicted molar refractivity (Wildman–Crippen MR) is 68.4 cm³/mol. The maximum Gasteiger partial charge on any atom is 0.673 e. The van der Waals surface area contributed by atoms with Crippen LogP contribution in [0.5, 0.6) is 11.8 Å². The van der Waals surface area contributed by atoms with Crippen LogP contribution in [0.3, 0.4) is 0 Å². The Morgan fingerprint density at radius 1 is 1.14 bits per heavy atom. The van der Waals surface area contributed by atoms with Gasteiger partial charge in [0.25, 0.3) is 0 Å². The molecular formula is C10H5BClF5N4O. The van der Waals surface area contributed by atoms with Crippen molar-refractivity contribution >= 4 is 24.5 Å². The summed E-state index contributed by atoms with van der Waals surface area (Å²) in [5.41, 5.74) is -0.277. The summed E-state index contributed by atoms with van der Waals surface area (Å²) in [7, 11) is -6.00. The highest BCUT2D eigenvalue weighted by Gasteiger charge is 2.20. The predicted octanol–water partition coefficient (Wildman–Crippen LogP) is 4.85. The normalized spacial score (nSPS) is 10.2. The Balaban J connectivity index is 0.000000422. The van der Waals surface area contributed by atoms with Gasteiger partial charge in [0.2, 0.25) is 11.2 Å². The van der Waals surface area contributed by atoms with Gasteiger partial charge < -0.3 is 22.0 Å². The Morgan fingerprint density at radius 3 is 2.18 bits per heavy atom. The third kappa shape index (κ3) is 6.32.